The lowest BCUT2D eigenvalue weighted by Crippen LogP contribution is -2.40. The van der Waals surface area contributed by atoms with Gasteiger partial charge in [0, 0.05) is 13.1 Å². The number of nitrogens with zero attached hydrogens (tertiary/aromatic N) is 1. The van der Waals surface area contributed by atoms with Gasteiger partial charge in [-0.3, -0.25) is 4.79 Å². The van der Waals surface area contributed by atoms with Crippen molar-refractivity contribution in [1.82, 2.24) is 10.6 Å². The van der Waals surface area contributed by atoms with Crippen molar-refractivity contribution in [2.45, 2.75) is 45.4 Å². The van der Waals surface area contributed by atoms with Crippen LogP contribution in [0.2, 0.25) is 0 Å². The van der Waals surface area contributed by atoms with Crippen molar-refractivity contribution in [3.63, 3.8) is 0 Å². The van der Waals surface area contributed by atoms with Crippen LogP contribution in [0.5, 0.6) is 0 Å². The maximum absolute atomic E-state index is 11.4. The largest absolute Gasteiger partial charge is 0.354 e. The van der Waals surface area contributed by atoms with E-state index in [1.54, 1.807) is 0 Å². The lowest BCUT2D eigenvalue weighted by Gasteiger charge is -2.33. The topological polar surface area (TPSA) is 64.9 Å². The number of carbonyl (C=O) groups is 1. The number of hydrogen-bond acceptors (Lipinski definition) is 3. The summed E-state index contributed by atoms with van der Waals surface area (Å²) < 4.78 is 0. The van der Waals surface area contributed by atoms with E-state index in [1.165, 1.54) is 32.1 Å². The molecule has 0 heterocycles. The molecule has 0 aromatic rings. The number of nitriles is 1. The predicted octanol–water partition coefficient (Wildman–Crippen LogP) is 1.58. The smallest absolute Gasteiger partial charge is 0.233 e. The summed E-state index contributed by atoms with van der Waals surface area (Å²) in [6, 6.07) is 2.00. The van der Waals surface area contributed by atoms with Crippen LogP contribution in [0.1, 0.15) is 45.4 Å². The Morgan fingerprint density at radius 3 is 2.71 bits per heavy atom. The molecule has 0 radical (unpaired) electrons. The minimum Gasteiger partial charge on any atom is -0.354 e. The van der Waals surface area contributed by atoms with Crippen molar-refractivity contribution in [1.29, 1.82) is 5.26 Å². The number of hydrogen-bond donors (Lipinski definition) is 2. The Kier molecular flexibility index (Phi) is 5.99. The zero-order valence-electron chi connectivity index (χ0n) is 10.7. The summed E-state index contributed by atoms with van der Waals surface area (Å²) in [5.41, 5.74) is 0.366. The minimum atomic E-state index is -0.0142. The molecule has 1 aliphatic rings. The van der Waals surface area contributed by atoms with Gasteiger partial charge in [0.2, 0.25) is 5.91 Å². The molecule has 1 amide bonds. The molecule has 4 nitrogen and oxygen atoms in total. The van der Waals surface area contributed by atoms with Crippen LogP contribution in [0.4, 0.5) is 0 Å². The summed E-state index contributed by atoms with van der Waals surface area (Å²) in [4.78, 5) is 11.4. The Morgan fingerprint density at radius 2 is 2.06 bits per heavy atom. The van der Waals surface area contributed by atoms with Gasteiger partial charge in [0.05, 0.1) is 19.0 Å². The van der Waals surface area contributed by atoms with Crippen molar-refractivity contribution in [2.24, 2.45) is 5.41 Å². The maximum atomic E-state index is 11.4. The van der Waals surface area contributed by atoms with Crippen molar-refractivity contribution < 1.29 is 4.79 Å². The highest BCUT2D eigenvalue weighted by Crippen LogP contribution is 2.34. The number of amides is 1. The lowest BCUT2D eigenvalue weighted by molar-refractivity contribution is -0.120. The Morgan fingerprint density at radius 1 is 1.35 bits per heavy atom. The lowest BCUT2D eigenvalue weighted by atomic mass is 9.76. The zero-order chi connectivity index (χ0) is 12.6. The van der Waals surface area contributed by atoms with Gasteiger partial charge in [0.25, 0.3) is 0 Å². The first-order valence-corrected chi connectivity index (χ1v) is 6.51. The highest BCUT2D eigenvalue weighted by Gasteiger charge is 2.26. The van der Waals surface area contributed by atoms with E-state index in [4.69, 9.17) is 5.26 Å². The van der Waals surface area contributed by atoms with Crippen LogP contribution >= 0.6 is 0 Å². The van der Waals surface area contributed by atoms with Crippen LogP contribution in [0.25, 0.3) is 0 Å². The van der Waals surface area contributed by atoms with Crippen LogP contribution < -0.4 is 10.6 Å². The first kappa shape index (κ1) is 14.0. The second-order valence-electron chi connectivity index (χ2n) is 5.23. The molecule has 1 fully saturated rings. The van der Waals surface area contributed by atoms with E-state index in [1.807, 2.05) is 6.07 Å². The molecule has 1 rings (SSSR count). The highest BCUT2D eigenvalue weighted by atomic mass is 16.1. The minimum absolute atomic E-state index is 0.0142. The molecule has 0 unspecified atom stereocenters. The molecule has 0 saturated heterocycles. The molecule has 0 atom stereocenters. The molecule has 96 valence electrons. The number of nitrogens with one attached hydrogen (secondary N) is 2. The highest BCUT2D eigenvalue weighted by molar-refractivity contribution is 5.77. The predicted molar refractivity (Wildman–Crippen MR) is 67.3 cm³/mol. The fourth-order valence-electron chi connectivity index (χ4n) is 2.38. The third-order valence-corrected chi connectivity index (χ3v) is 3.46. The Labute approximate surface area is 104 Å². The monoisotopic (exact) mass is 237 g/mol. The molecular weight excluding hydrogens is 214 g/mol. The Bertz CT molecular complexity index is 277. The summed E-state index contributed by atoms with van der Waals surface area (Å²) in [5, 5.41) is 14.3. The quantitative estimate of drug-likeness (QED) is 0.689. The second-order valence-corrected chi connectivity index (χ2v) is 5.23. The summed E-state index contributed by atoms with van der Waals surface area (Å²) >= 11 is 0. The van der Waals surface area contributed by atoms with Crippen LogP contribution in [0.15, 0.2) is 0 Å². The summed E-state index contributed by atoms with van der Waals surface area (Å²) in [6.07, 6.45) is 6.87. The van der Waals surface area contributed by atoms with Gasteiger partial charge in [0.1, 0.15) is 0 Å². The molecule has 4 heteroatoms. The van der Waals surface area contributed by atoms with Crippen LogP contribution in [-0.4, -0.2) is 25.5 Å². The third-order valence-electron chi connectivity index (χ3n) is 3.46. The summed E-state index contributed by atoms with van der Waals surface area (Å²) in [7, 11) is 0. The van der Waals surface area contributed by atoms with Gasteiger partial charge in [-0.25, -0.2) is 0 Å². The second kappa shape index (κ2) is 7.29. The molecule has 0 spiro atoms. The number of rotatable bonds is 6. The Balaban J connectivity index is 2.10. The van der Waals surface area contributed by atoms with Crippen LogP contribution in [0, 0.1) is 16.7 Å². The SMILES string of the molecule is CC1(CNCC(=O)NCCC#N)CCCCC1. The average molecular weight is 237 g/mol. The first-order valence-electron chi connectivity index (χ1n) is 6.51. The van der Waals surface area contributed by atoms with Crippen molar-refractivity contribution in [2.75, 3.05) is 19.6 Å². The van der Waals surface area contributed by atoms with Gasteiger partial charge >= 0.3 is 0 Å². The molecule has 17 heavy (non-hydrogen) atoms. The summed E-state index contributed by atoms with van der Waals surface area (Å²) in [6.45, 7) is 4.03. The summed E-state index contributed by atoms with van der Waals surface area (Å²) in [5.74, 6) is -0.0142. The van der Waals surface area contributed by atoms with Crippen molar-refractivity contribution in [3.8, 4) is 6.07 Å². The zero-order valence-corrected chi connectivity index (χ0v) is 10.7. The molecular formula is C13H23N3O. The third kappa shape index (κ3) is 5.69. The van der Waals surface area contributed by atoms with E-state index < -0.39 is 0 Å². The van der Waals surface area contributed by atoms with Gasteiger partial charge in [-0.05, 0) is 18.3 Å². The fraction of sp³-hybridized carbons (Fsp3) is 0.846. The molecule has 0 bridgehead atoms. The van der Waals surface area contributed by atoms with Crippen LogP contribution in [0.3, 0.4) is 0 Å². The van der Waals surface area contributed by atoms with Crippen molar-refractivity contribution in [3.05, 3.63) is 0 Å². The number of carbonyl (C=O) groups excluding carboxylic acids is 1. The van der Waals surface area contributed by atoms with E-state index >= 15 is 0 Å². The average Bonchev–Trinajstić information content (AvgIpc) is 2.30. The van der Waals surface area contributed by atoms with Gasteiger partial charge in [0.15, 0.2) is 0 Å². The first-order chi connectivity index (χ1) is 8.16. The van der Waals surface area contributed by atoms with E-state index in [9.17, 15) is 4.79 Å². The van der Waals surface area contributed by atoms with Gasteiger partial charge in [-0.2, -0.15) is 5.26 Å². The molecule has 1 saturated carbocycles. The Hall–Kier alpha value is -1.08. The van der Waals surface area contributed by atoms with Crippen LogP contribution in [-0.2, 0) is 4.79 Å². The molecule has 0 aliphatic heterocycles. The molecule has 2 N–H and O–H groups in total. The van der Waals surface area contributed by atoms with E-state index in [2.05, 4.69) is 17.6 Å². The van der Waals surface area contributed by atoms with Crippen molar-refractivity contribution >= 4 is 5.91 Å². The maximum Gasteiger partial charge on any atom is 0.233 e. The van der Waals surface area contributed by atoms with E-state index in [0.717, 1.165) is 6.54 Å². The molecule has 0 aromatic heterocycles. The van der Waals surface area contributed by atoms with E-state index in [0.29, 0.717) is 24.9 Å². The van der Waals surface area contributed by atoms with E-state index in [-0.39, 0.29) is 5.91 Å². The molecule has 1 aliphatic carbocycles. The van der Waals surface area contributed by atoms with Gasteiger partial charge in [-0.15, -0.1) is 0 Å². The standard InChI is InChI=1S/C13H23N3O/c1-13(6-3-2-4-7-13)11-15-10-12(17)16-9-5-8-14/h15H,2-7,9-11H2,1H3,(H,16,17). The fourth-order valence-corrected chi connectivity index (χ4v) is 2.38. The van der Waals surface area contributed by atoms with Gasteiger partial charge < -0.3 is 10.6 Å². The van der Waals surface area contributed by atoms with Gasteiger partial charge in [-0.1, -0.05) is 26.2 Å². The normalized spacial score (nSPS) is 18.4. The molecule has 0 aromatic carbocycles.